The lowest BCUT2D eigenvalue weighted by atomic mass is 10.2. The second-order valence-electron chi connectivity index (χ2n) is 5.43. The lowest BCUT2D eigenvalue weighted by molar-refractivity contribution is 0.508. The minimum atomic E-state index is 0.447. The van der Waals surface area contributed by atoms with Crippen LogP contribution < -0.4 is 4.90 Å². The van der Waals surface area contributed by atoms with E-state index in [1.54, 1.807) is 6.33 Å². The van der Waals surface area contributed by atoms with E-state index in [4.69, 9.17) is 0 Å². The molecule has 0 unspecified atom stereocenters. The van der Waals surface area contributed by atoms with E-state index in [-0.39, 0.29) is 0 Å². The first kappa shape index (κ1) is 12.3. The lowest BCUT2D eigenvalue weighted by Gasteiger charge is -2.26. The van der Waals surface area contributed by atoms with Crippen LogP contribution in [-0.2, 0) is 6.54 Å². The third-order valence-electron chi connectivity index (χ3n) is 4.13. The van der Waals surface area contributed by atoms with E-state index in [0.29, 0.717) is 6.04 Å². The molecule has 21 heavy (non-hydrogen) atoms. The van der Waals surface area contributed by atoms with E-state index in [1.165, 1.54) is 12.8 Å². The molecule has 3 heterocycles. The first-order valence-electron chi connectivity index (χ1n) is 7.35. The number of rotatable bonds is 3. The van der Waals surface area contributed by atoms with E-state index in [1.807, 2.05) is 41.3 Å². The van der Waals surface area contributed by atoms with Crippen molar-refractivity contribution in [1.29, 1.82) is 0 Å². The molecule has 5 nitrogen and oxygen atoms in total. The molecular formula is C16H17N5. The molecule has 1 aromatic carbocycles. The average Bonchev–Trinajstić information content (AvgIpc) is 3.19. The Bertz CT molecular complexity index is 732. The summed E-state index contributed by atoms with van der Waals surface area (Å²) in [6.07, 6.45) is 7.90. The SMILES string of the molecule is c1ccc2c(N3CCC[C@H]3Cn3cccn3)ncnc2c1. The van der Waals surface area contributed by atoms with Crippen LogP contribution in [0.2, 0.25) is 0 Å². The molecule has 0 bridgehead atoms. The van der Waals surface area contributed by atoms with Crippen LogP contribution in [0, 0.1) is 0 Å². The lowest BCUT2D eigenvalue weighted by Crippen LogP contribution is -2.33. The van der Waals surface area contributed by atoms with Gasteiger partial charge in [-0.05, 0) is 31.0 Å². The van der Waals surface area contributed by atoms with E-state index in [0.717, 1.165) is 29.8 Å². The highest BCUT2D eigenvalue weighted by Crippen LogP contribution is 2.29. The number of nitrogens with zero attached hydrogens (tertiary/aromatic N) is 5. The number of para-hydroxylation sites is 1. The van der Waals surface area contributed by atoms with Gasteiger partial charge in [-0.2, -0.15) is 5.10 Å². The molecule has 1 saturated heterocycles. The highest BCUT2D eigenvalue weighted by molar-refractivity contribution is 5.89. The summed E-state index contributed by atoms with van der Waals surface area (Å²) >= 11 is 0. The molecule has 4 rings (SSSR count). The molecule has 106 valence electrons. The molecule has 5 heteroatoms. The molecule has 1 aliphatic heterocycles. The predicted molar refractivity (Wildman–Crippen MR) is 82.1 cm³/mol. The minimum Gasteiger partial charge on any atom is -0.351 e. The maximum atomic E-state index is 4.55. The van der Waals surface area contributed by atoms with Crippen LogP contribution in [0.3, 0.4) is 0 Å². The Labute approximate surface area is 123 Å². The van der Waals surface area contributed by atoms with Gasteiger partial charge in [0.1, 0.15) is 12.1 Å². The van der Waals surface area contributed by atoms with Crippen molar-refractivity contribution in [3.63, 3.8) is 0 Å². The Hall–Kier alpha value is -2.43. The largest absolute Gasteiger partial charge is 0.351 e. The summed E-state index contributed by atoms with van der Waals surface area (Å²) in [7, 11) is 0. The van der Waals surface area contributed by atoms with Crippen molar-refractivity contribution in [2.75, 3.05) is 11.4 Å². The molecule has 0 aliphatic carbocycles. The molecule has 1 atom stereocenters. The molecule has 3 aromatic rings. The fourth-order valence-electron chi connectivity index (χ4n) is 3.15. The van der Waals surface area contributed by atoms with Crippen LogP contribution >= 0.6 is 0 Å². The Morgan fingerprint density at radius 2 is 2.10 bits per heavy atom. The van der Waals surface area contributed by atoms with Crippen molar-refractivity contribution in [3.05, 3.63) is 49.1 Å². The summed E-state index contributed by atoms with van der Waals surface area (Å²) in [5, 5.41) is 5.46. The normalized spacial score (nSPS) is 18.5. The van der Waals surface area contributed by atoms with Gasteiger partial charge in [0.25, 0.3) is 0 Å². The fraction of sp³-hybridized carbons (Fsp3) is 0.312. The van der Waals surface area contributed by atoms with Crippen LogP contribution in [-0.4, -0.2) is 32.3 Å². The van der Waals surface area contributed by atoms with Gasteiger partial charge in [-0.1, -0.05) is 12.1 Å². The number of hydrogen-bond donors (Lipinski definition) is 0. The number of aromatic nitrogens is 4. The van der Waals surface area contributed by atoms with Gasteiger partial charge in [-0.25, -0.2) is 9.97 Å². The first-order valence-corrected chi connectivity index (χ1v) is 7.35. The van der Waals surface area contributed by atoms with E-state index in [2.05, 4.69) is 26.0 Å². The van der Waals surface area contributed by atoms with Crippen LogP contribution in [0.4, 0.5) is 5.82 Å². The quantitative estimate of drug-likeness (QED) is 0.739. The van der Waals surface area contributed by atoms with Crippen molar-refractivity contribution in [3.8, 4) is 0 Å². The van der Waals surface area contributed by atoms with Gasteiger partial charge in [0.2, 0.25) is 0 Å². The van der Waals surface area contributed by atoms with Crippen molar-refractivity contribution in [1.82, 2.24) is 19.7 Å². The Balaban J connectivity index is 1.70. The van der Waals surface area contributed by atoms with Gasteiger partial charge in [-0.3, -0.25) is 4.68 Å². The standard InChI is InChI=1S/C16H17N5/c1-2-7-15-14(6-1)16(18-12-17-15)21-10-3-5-13(21)11-20-9-4-8-19-20/h1-2,4,6-9,12-13H,3,5,10-11H2/t13-/m0/s1. The summed E-state index contributed by atoms with van der Waals surface area (Å²) in [5.74, 6) is 1.05. The molecule has 0 radical (unpaired) electrons. The maximum Gasteiger partial charge on any atom is 0.140 e. The summed E-state index contributed by atoms with van der Waals surface area (Å²) in [4.78, 5) is 11.3. The average molecular weight is 279 g/mol. The highest BCUT2D eigenvalue weighted by atomic mass is 15.3. The van der Waals surface area contributed by atoms with Gasteiger partial charge in [0, 0.05) is 24.3 Å². The van der Waals surface area contributed by atoms with Crippen molar-refractivity contribution >= 4 is 16.7 Å². The monoisotopic (exact) mass is 279 g/mol. The highest BCUT2D eigenvalue weighted by Gasteiger charge is 2.27. The minimum absolute atomic E-state index is 0.447. The Morgan fingerprint density at radius 3 is 3.00 bits per heavy atom. The second kappa shape index (κ2) is 5.16. The Morgan fingerprint density at radius 1 is 1.14 bits per heavy atom. The molecule has 1 aliphatic rings. The van der Waals surface area contributed by atoms with Crippen molar-refractivity contribution in [2.45, 2.75) is 25.4 Å². The molecule has 1 fully saturated rings. The molecule has 0 spiro atoms. The first-order chi connectivity index (χ1) is 10.4. The zero-order valence-corrected chi connectivity index (χ0v) is 11.8. The summed E-state index contributed by atoms with van der Waals surface area (Å²) < 4.78 is 2.01. The van der Waals surface area contributed by atoms with Gasteiger partial charge < -0.3 is 4.90 Å². The van der Waals surface area contributed by atoms with Crippen LogP contribution in [0.1, 0.15) is 12.8 Å². The summed E-state index contributed by atoms with van der Waals surface area (Å²) in [6, 6.07) is 10.6. The third-order valence-corrected chi connectivity index (χ3v) is 4.13. The van der Waals surface area contributed by atoms with Crippen LogP contribution in [0.15, 0.2) is 49.1 Å². The Kier molecular flexibility index (Phi) is 3.03. The molecule has 0 N–H and O–H groups in total. The summed E-state index contributed by atoms with van der Waals surface area (Å²) in [5.41, 5.74) is 1.01. The topological polar surface area (TPSA) is 46.8 Å². The van der Waals surface area contributed by atoms with Gasteiger partial charge in [-0.15, -0.1) is 0 Å². The van der Waals surface area contributed by atoms with Crippen LogP contribution in [0.25, 0.3) is 10.9 Å². The second-order valence-corrected chi connectivity index (χ2v) is 5.43. The number of anilines is 1. The molecular weight excluding hydrogens is 262 g/mol. The smallest absolute Gasteiger partial charge is 0.140 e. The number of benzene rings is 1. The fourth-order valence-corrected chi connectivity index (χ4v) is 3.15. The molecule has 0 amide bonds. The maximum absolute atomic E-state index is 4.55. The van der Waals surface area contributed by atoms with Crippen LogP contribution in [0.5, 0.6) is 0 Å². The molecule has 0 saturated carbocycles. The third kappa shape index (κ3) is 2.24. The van der Waals surface area contributed by atoms with E-state index >= 15 is 0 Å². The van der Waals surface area contributed by atoms with E-state index in [9.17, 15) is 0 Å². The van der Waals surface area contributed by atoms with Gasteiger partial charge in [0.15, 0.2) is 0 Å². The van der Waals surface area contributed by atoms with Gasteiger partial charge >= 0.3 is 0 Å². The van der Waals surface area contributed by atoms with E-state index < -0.39 is 0 Å². The zero-order chi connectivity index (χ0) is 14.1. The molecule has 2 aromatic heterocycles. The van der Waals surface area contributed by atoms with Crippen molar-refractivity contribution < 1.29 is 0 Å². The number of hydrogen-bond acceptors (Lipinski definition) is 4. The predicted octanol–water partition coefficient (Wildman–Crippen LogP) is 2.50. The summed E-state index contributed by atoms with van der Waals surface area (Å²) in [6.45, 7) is 1.96. The zero-order valence-electron chi connectivity index (χ0n) is 11.8. The number of fused-ring (bicyclic) bond motifs is 1. The van der Waals surface area contributed by atoms with Crippen molar-refractivity contribution in [2.24, 2.45) is 0 Å². The van der Waals surface area contributed by atoms with Gasteiger partial charge in [0.05, 0.1) is 18.1 Å².